The number of halogens is 1. The van der Waals surface area contributed by atoms with Crippen molar-refractivity contribution >= 4 is 11.6 Å². The Morgan fingerprint density at radius 2 is 2.16 bits per heavy atom. The number of aryl methyl sites for hydroxylation is 2. The lowest BCUT2D eigenvalue weighted by Gasteiger charge is -2.20. The Bertz CT molecular complexity index is 531. The SMILES string of the molecule is CCCNC(c1cncc(C)c1)c1c(Cl)cnn1C. The quantitative estimate of drug-likeness (QED) is 0.914. The standard InChI is InChI=1S/C14H19ClN4/c1-4-5-17-13(11-6-10(2)7-16-8-11)14-12(15)9-18-19(14)3/h6-9,13,17H,4-5H2,1-3H3. The van der Waals surface area contributed by atoms with E-state index in [0.717, 1.165) is 29.8 Å². The first-order valence-corrected chi connectivity index (χ1v) is 6.83. The van der Waals surface area contributed by atoms with Gasteiger partial charge in [-0.1, -0.05) is 24.6 Å². The number of hydrogen-bond acceptors (Lipinski definition) is 3. The van der Waals surface area contributed by atoms with Gasteiger partial charge in [-0.15, -0.1) is 0 Å². The molecule has 4 nitrogen and oxygen atoms in total. The molecule has 19 heavy (non-hydrogen) atoms. The molecule has 0 amide bonds. The number of nitrogens with one attached hydrogen (secondary N) is 1. The Labute approximate surface area is 118 Å². The van der Waals surface area contributed by atoms with Gasteiger partial charge >= 0.3 is 0 Å². The Hall–Kier alpha value is -1.39. The number of aromatic nitrogens is 3. The summed E-state index contributed by atoms with van der Waals surface area (Å²) in [5.41, 5.74) is 3.22. The van der Waals surface area contributed by atoms with Crippen molar-refractivity contribution < 1.29 is 0 Å². The fourth-order valence-corrected chi connectivity index (χ4v) is 2.42. The molecule has 1 N–H and O–H groups in total. The molecule has 0 saturated heterocycles. The predicted molar refractivity (Wildman–Crippen MR) is 77.3 cm³/mol. The average Bonchev–Trinajstić information content (AvgIpc) is 2.71. The Morgan fingerprint density at radius 3 is 2.74 bits per heavy atom. The topological polar surface area (TPSA) is 42.7 Å². The summed E-state index contributed by atoms with van der Waals surface area (Å²) in [6.45, 7) is 5.10. The van der Waals surface area contributed by atoms with Gasteiger partial charge in [0.15, 0.2) is 0 Å². The van der Waals surface area contributed by atoms with Crippen LogP contribution in [0, 0.1) is 6.92 Å². The zero-order valence-corrected chi connectivity index (χ0v) is 12.3. The van der Waals surface area contributed by atoms with Gasteiger partial charge in [-0.05, 0) is 31.0 Å². The molecule has 102 valence electrons. The fourth-order valence-electron chi connectivity index (χ4n) is 2.14. The summed E-state index contributed by atoms with van der Waals surface area (Å²) >= 11 is 6.26. The zero-order chi connectivity index (χ0) is 13.8. The average molecular weight is 279 g/mol. The van der Waals surface area contributed by atoms with Gasteiger partial charge in [0.1, 0.15) is 0 Å². The van der Waals surface area contributed by atoms with Crippen LogP contribution in [-0.2, 0) is 7.05 Å². The molecule has 2 rings (SSSR count). The van der Waals surface area contributed by atoms with Crippen molar-refractivity contribution in [3.63, 3.8) is 0 Å². The highest BCUT2D eigenvalue weighted by atomic mass is 35.5. The summed E-state index contributed by atoms with van der Waals surface area (Å²) in [7, 11) is 1.91. The molecule has 0 aromatic carbocycles. The van der Waals surface area contributed by atoms with Crippen molar-refractivity contribution in [3.8, 4) is 0 Å². The van der Waals surface area contributed by atoms with E-state index >= 15 is 0 Å². The van der Waals surface area contributed by atoms with Gasteiger partial charge < -0.3 is 5.32 Å². The van der Waals surface area contributed by atoms with Crippen molar-refractivity contribution in [2.75, 3.05) is 6.54 Å². The van der Waals surface area contributed by atoms with Crippen molar-refractivity contribution in [2.45, 2.75) is 26.3 Å². The molecule has 0 radical (unpaired) electrons. The van der Waals surface area contributed by atoms with Gasteiger partial charge in [0.25, 0.3) is 0 Å². The van der Waals surface area contributed by atoms with Gasteiger partial charge in [0, 0.05) is 19.4 Å². The molecule has 0 aliphatic carbocycles. The third kappa shape index (κ3) is 3.14. The maximum atomic E-state index is 6.26. The van der Waals surface area contributed by atoms with Gasteiger partial charge in [0.05, 0.1) is 23.0 Å². The number of hydrogen-bond donors (Lipinski definition) is 1. The highest BCUT2D eigenvalue weighted by Crippen LogP contribution is 2.27. The van der Waals surface area contributed by atoms with E-state index in [1.165, 1.54) is 0 Å². The van der Waals surface area contributed by atoms with Gasteiger partial charge in [-0.25, -0.2) is 0 Å². The third-order valence-electron chi connectivity index (χ3n) is 3.04. The van der Waals surface area contributed by atoms with Crippen LogP contribution in [0.3, 0.4) is 0 Å². The molecular formula is C14H19ClN4. The largest absolute Gasteiger partial charge is 0.305 e. The molecule has 0 aliphatic heterocycles. The maximum absolute atomic E-state index is 6.26. The minimum absolute atomic E-state index is 0.0207. The van der Waals surface area contributed by atoms with E-state index in [1.54, 1.807) is 6.20 Å². The van der Waals surface area contributed by atoms with Gasteiger partial charge in [-0.3, -0.25) is 9.67 Å². The monoisotopic (exact) mass is 278 g/mol. The summed E-state index contributed by atoms with van der Waals surface area (Å²) in [4.78, 5) is 4.27. The zero-order valence-electron chi connectivity index (χ0n) is 11.5. The van der Waals surface area contributed by atoms with Crippen LogP contribution >= 0.6 is 11.6 Å². The normalized spacial score (nSPS) is 12.6. The molecule has 0 bridgehead atoms. The second-order valence-electron chi connectivity index (χ2n) is 4.68. The Morgan fingerprint density at radius 1 is 1.37 bits per heavy atom. The molecule has 2 heterocycles. The highest BCUT2D eigenvalue weighted by molar-refractivity contribution is 6.31. The van der Waals surface area contributed by atoms with E-state index in [4.69, 9.17) is 11.6 Å². The Kier molecular flexibility index (Phi) is 4.56. The second kappa shape index (κ2) is 6.17. The molecule has 1 atom stereocenters. The second-order valence-corrected chi connectivity index (χ2v) is 5.09. The van der Waals surface area contributed by atoms with E-state index in [9.17, 15) is 0 Å². The molecule has 0 fully saturated rings. The van der Waals surface area contributed by atoms with E-state index in [0.29, 0.717) is 5.02 Å². The lowest BCUT2D eigenvalue weighted by Crippen LogP contribution is -2.25. The van der Waals surface area contributed by atoms with Gasteiger partial charge in [0.2, 0.25) is 0 Å². The summed E-state index contributed by atoms with van der Waals surface area (Å²) in [5, 5.41) is 8.41. The molecule has 0 aliphatic rings. The van der Waals surface area contributed by atoms with Crippen LogP contribution < -0.4 is 5.32 Å². The van der Waals surface area contributed by atoms with Crippen LogP contribution in [0.4, 0.5) is 0 Å². The van der Waals surface area contributed by atoms with Crippen LogP contribution in [0.5, 0.6) is 0 Å². The smallest absolute Gasteiger partial charge is 0.0837 e. The molecule has 1 unspecified atom stereocenters. The summed E-state index contributed by atoms with van der Waals surface area (Å²) in [6.07, 6.45) is 6.47. The number of pyridine rings is 1. The van der Waals surface area contributed by atoms with Crippen LogP contribution in [0.15, 0.2) is 24.7 Å². The maximum Gasteiger partial charge on any atom is 0.0837 e. The van der Waals surface area contributed by atoms with Crippen LogP contribution in [0.25, 0.3) is 0 Å². The fraction of sp³-hybridized carbons (Fsp3) is 0.429. The summed E-state index contributed by atoms with van der Waals surface area (Å²) in [5.74, 6) is 0. The predicted octanol–water partition coefficient (Wildman–Crippen LogP) is 2.87. The minimum atomic E-state index is 0.0207. The molecule has 2 aromatic heterocycles. The van der Waals surface area contributed by atoms with Crippen LogP contribution in [0.1, 0.15) is 36.2 Å². The lowest BCUT2D eigenvalue weighted by molar-refractivity contribution is 0.552. The number of rotatable bonds is 5. The first-order valence-electron chi connectivity index (χ1n) is 6.45. The summed E-state index contributed by atoms with van der Waals surface area (Å²) < 4.78 is 1.82. The van der Waals surface area contributed by atoms with E-state index in [2.05, 4.69) is 28.4 Å². The van der Waals surface area contributed by atoms with Crippen molar-refractivity contribution in [2.24, 2.45) is 7.05 Å². The molecule has 5 heteroatoms. The van der Waals surface area contributed by atoms with Crippen molar-refractivity contribution in [3.05, 3.63) is 46.5 Å². The van der Waals surface area contributed by atoms with E-state index < -0.39 is 0 Å². The lowest BCUT2D eigenvalue weighted by atomic mass is 10.0. The minimum Gasteiger partial charge on any atom is -0.305 e. The Balaban J connectivity index is 2.41. The number of nitrogens with zero attached hydrogens (tertiary/aromatic N) is 3. The van der Waals surface area contributed by atoms with Crippen LogP contribution in [0.2, 0.25) is 5.02 Å². The molecule has 0 spiro atoms. The van der Waals surface area contributed by atoms with Gasteiger partial charge in [-0.2, -0.15) is 5.10 Å². The third-order valence-corrected chi connectivity index (χ3v) is 3.33. The van der Waals surface area contributed by atoms with E-state index in [1.807, 2.05) is 31.0 Å². The molecule has 0 saturated carbocycles. The first kappa shape index (κ1) is 14.0. The van der Waals surface area contributed by atoms with Crippen LogP contribution in [-0.4, -0.2) is 21.3 Å². The van der Waals surface area contributed by atoms with Crippen molar-refractivity contribution in [1.29, 1.82) is 0 Å². The molecule has 2 aromatic rings. The van der Waals surface area contributed by atoms with E-state index in [-0.39, 0.29) is 6.04 Å². The summed E-state index contributed by atoms with van der Waals surface area (Å²) in [6, 6.07) is 2.15. The highest BCUT2D eigenvalue weighted by Gasteiger charge is 2.20. The first-order chi connectivity index (χ1) is 9.13. The molecular weight excluding hydrogens is 260 g/mol. The van der Waals surface area contributed by atoms with Crippen molar-refractivity contribution in [1.82, 2.24) is 20.1 Å².